The van der Waals surface area contributed by atoms with Crippen LogP contribution in [-0.4, -0.2) is 19.9 Å². The Kier molecular flexibility index (Phi) is 4.56. The molecule has 0 saturated carbocycles. The molecular weight excluding hydrogens is 102 g/mol. The highest BCUT2D eigenvalue weighted by molar-refractivity contribution is 5.56. The first-order valence-corrected chi connectivity index (χ1v) is 2.84. The Hall–Kier alpha value is -0.370. The van der Waals surface area contributed by atoms with Crippen molar-refractivity contribution in [2.45, 2.75) is 13.3 Å². The van der Waals surface area contributed by atoms with Crippen LogP contribution in [0.5, 0.6) is 0 Å². The summed E-state index contributed by atoms with van der Waals surface area (Å²) in [6, 6.07) is 0. The van der Waals surface area contributed by atoms with Gasteiger partial charge in [-0.2, -0.15) is 0 Å². The molecule has 8 heavy (non-hydrogen) atoms. The molecule has 1 N–H and O–H groups in total. The number of nitrogens with one attached hydrogen (secondary N) is 1. The third-order valence-corrected chi connectivity index (χ3v) is 1.14. The molecule has 0 fully saturated rings. The zero-order valence-electron chi connectivity index (χ0n) is 5.48. The average Bonchev–Trinajstić information content (AvgIpc) is 1.83. The molecule has 0 saturated heterocycles. The maximum absolute atomic E-state index is 6.86. The van der Waals surface area contributed by atoms with Gasteiger partial charge < -0.3 is 10.1 Å². The second-order valence-electron chi connectivity index (χ2n) is 1.79. The van der Waals surface area contributed by atoms with Gasteiger partial charge in [-0.15, -0.1) is 0 Å². The predicted molar refractivity (Wildman–Crippen MR) is 34.4 cm³/mol. The molecule has 0 radical (unpaired) electrons. The van der Waals surface area contributed by atoms with Crippen LogP contribution in [-0.2, 0) is 4.74 Å². The van der Waals surface area contributed by atoms with Crippen molar-refractivity contribution in [1.82, 2.24) is 0 Å². The Morgan fingerprint density at radius 1 is 1.75 bits per heavy atom. The van der Waals surface area contributed by atoms with Crippen LogP contribution in [0.3, 0.4) is 0 Å². The van der Waals surface area contributed by atoms with Crippen molar-refractivity contribution < 1.29 is 4.74 Å². The molecule has 2 nitrogen and oxygen atoms in total. The first-order valence-electron chi connectivity index (χ1n) is 2.84. The lowest BCUT2D eigenvalue weighted by Crippen LogP contribution is -2.06. The lowest BCUT2D eigenvalue weighted by molar-refractivity contribution is 0.176. The van der Waals surface area contributed by atoms with Crippen molar-refractivity contribution in [3.8, 4) is 0 Å². The quantitative estimate of drug-likeness (QED) is 0.550. The van der Waals surface area contributed by atoms with E-state index in [1.165, 1.54) is 6.21 Å². The molecule has 48 valence electrons. The minimum Gasteiger partial charge on any atom is -0.384 e. The van der Waals surface area contributed by atoms with Crippen molar-refractivity contribution in [2.75, 3.05) is 13.7 Å². The summed E-state index contributed by atoms with van der Waals surface area (Å²) in [6.45, 7) is 2.73. The van der Waals surface area contributed by atoms with Crippen LogP contribution in [0.4, 0.5) is 0 Å². The summed E-state index contributed by atoms with van der Waals surface area (Å²) in [4.78, 5) is 0. The molecule has 0 aliphatic carbocycles. The Balaban J connectivity index is 3.21. The maximum atomic E-state index is 6.86. The van der Waals surface area contributed by atoms with Crippen LogP contribution < -0.4 is 0 Å². The molecule has 0 aliphatic rings. The number of hydrogen-bond donors (Lipinski definition) is 1. The SMILES string of the molecule is CCC(C=N)COC. The predicted octanol–water partition coefficient (Wildman–Crippen LogP) is 1.31. The van der Waals surface area contributed by atoms with Gasteiger partial charge >= 0.3 is 0 Å². The summed E-state index contributed by atoms with van der Waals surface area (Å²) in [5.41, 5.74) is 0. The molecule has 0 aromatic carbocycles. The summed E-state index contributed by atoms with van der Waals surface area (Å²) in [5, 5.41) is 6.86. The van der Waals surface area contributed by atoms with Crippen LogP contribution in [0.25, 0.3) is 0 Å². The third kappa shape index (κ3) is 2.75. The average molecular weight is 115 g/mol. The highest BCUT2D eigenvalue weighted by Gasteiger charge is 1.97. The van der Waals surface area contributed by atoms with Gasteiger partial charge in [0.1, 0.15) is 0 Å². The molecule has 0 aromatic heterocycles. The van der Waals surface area contributed by atoms with Crippen LogP contribution >= 0.6 is 0 Å². The van der Waals surface area contributed by atoms with E-state index in [1.54, 1.807) is 7.11 Å². The number of ether oxygens (including phenoxy) is 1. The van der Waals surface area contributed by atoms with E-state index in [1.807, 2.05) is 0 Å². The second kappa shape index (κ2) is 4.78. The van der Waals surface area contributed by atoms with Crippen LogP contribution in [0, 0.1) is 11.3 Å². The summed E-state index contributed by atoms with van der Waals surface area (Å²) in [7, 11) is 1.66. The molecule has 0 aliphatic heterocycles. The van der Waals surface area contributed by atoms with E-state index < -0.39 is 0 Å². The molecule has 2 heteroatoms. The van der Waals surface area contributed by atoms with Gasteiger partial charge in [0.2, 0.25) is 0 Å². The van der Waals surface area contributed by atoms with Gasteiger partial charge in [-0.3, -0.25) is 0 Å². The molecule has 0 amide bonds. The Bertz CT molecular complexity index is 63.5. The van der Waals surface area contributed by atoms with E-state index in [0.29, 0.717) is 12.5 Å². The minimum atomic E-state index is 0.319. The fourth-order valence-corrected chi connectivity index (χ4v) is 0.498. The molecule has 1 atom stereocenters. The fraction of sp³-hybridized carbons (Fsp3) is 0.833. The van der Waals surface area contributed by atoms with Crippen LogP contribution in [0.15, 0.2) is 0 Å². The van der Waals surface area contributed by atoms with E-state index >= 15 is 0 Å². The van der Waals surface area contributed by atoms with Gasteiger partial charge in [0.05, 0.1) is 6.61 Å². The number of methoxy groups -OCH3 is 1. The highest BCUT2D eigenvalue weighted by Crippen LogP contribution is 1.96. The topological polar surface area (TPSA) is 33.1 Å². The smallest absolute Gasteiger partial charge is 0.0539 e. The monoisotopic (exact) mass is 115 g/mol. The fourth-order valence-electron chi connectivity index (χ4n) is 0.498. The zero-order valence-corrected chi connectivity index (χ0v) is 5.48. The number of rotatable bonds is 4. The van der Waals surface area contributed by atoms with Crippen molar-refractivity contribution in [3.05, 3.63) is 0 Å². The standard InChI is InChI=1S/C6H13NO/c1-3-6(4-7)5-8-2/h4,6-7H,3,5H2,1-2H3. The lowest BCUT2D eigenvalue weighted by atomic mass is 10.1. The normalized spacial score (nSPS) is 13.2. The molecule has 0 rings (SSSR count). The Labute approximate surface area is 50.4 Å². The van der Waals surface area contributed by atoms with Gasteiger partial charge in [0.25, 0.3) is 0 Å². The van der Waals surface area contributed by atoms with Crippen LogP contribution in [0.2, 0.25) is 0 Å². The van der Waals surface area contributed by atoms with E-state index in [9.17, 15) is 0 Å². The zero-order chi connectivity index (χ0) is 6.41. The molecule has 0 bridgehead atoms. The van der Waals surface area contributed by atoms with Crippen LogP contribution in [0.1, 0.15) is 13.3 Å². The van der Waals surface area contributed by atoms with E-state index in [4.69, 9.17) is 10.1 Å². The third-order valence-electron chi connectivity index (χ3n) is 1.14. The minimum absolute atomic E-state index is 0.319. The summed E-state index contributed by atoms with van der Waals surface area (Å²) in [6.07, 6.45) is 2.43. The first-order chi connectivity index (χ1) is 3.85. The van der Waals surface area contributed by atoms with E-state index in [0.717, 1.165) is 6.42 Å². The first kappa shape index (κ1) is 7.63. The van der Waals surface area contributed by atoms with Gasteiger partial charge in [-0.25, -0.2) is 0 Å². The van der Waals surface area contributed by atoms with Crippen molar-refractivity contribution in [1.29, 1.82) is 5.41 Å². The van der Waals surface area contributed by atoms with Crippen molar-refractivity contribution in [2.24, 2.45) is 5.92 Å². The largest absolute Gasteiger partial charge is 0.384 e. The van der Waals surface area contributed by atoms with E-state index in [2.05, 4.69) is 6.92 Å². The molecular formula is C6H13NO. The summed E-state index contributed by atoms with van der Waals surface area (Å²) >= 11 is 0. The number of hydrogen-bond acceptors (Lipinski definition) is 2. The highest BCUT2D eigenvalue weighted by atomic mass is 16.5. The van der Waals surface area contributed by atoms with Gasteiger partial charge in [-0.1, -0.05) is 6.92 Å². The Morgan fingerprint density at radius 3 is 2.50 bits per heavy atom. The summed E-state index contributed by atoms with van der Waals surface area (Å²) in [5.74, 6) is 0.319. The lowest BCUT2D eigenvalue weighted by Gasteiger charge is -2.04. The Morgan fingerprint density at radius 2 is 2.38 bits per heavy atom. The molecule has 0 aromatic rings. The molecule has 0 heterocycles. The molecule has 1 unspecified atom stereocenters. The summed E-state index contributed by atoms with van der Waals surface area (Å²) < 4.78 is 4.83. The van der Waals surface area contributed by atoms with Gasteiger partial charge in [0, 0.05) is 19.2 Å². The van der Waals surface area contributed by atoms with Gasteiger partial charge in [-0.05, 0) is 6.42 Å². The second-order valence-corrected chi connectivity index (χ2v) is 1.79. The van der Waals surface area contributed by atoms with Gasteiger partial charge in [0.15, 0.2) is 0 Å². The molecule has 0 spiro atoms. The van der Waals surface area contributed by atoms with Crippen molar-refractivity contribution in [3.63, 3.8) is 0 Å². The van der Waals surface area contributed by atoms with Crippen molar-refractivity contribution >= 4 is 6.21 Å². The van der Waals surface area contributed by atoms with E-state index in [-0.39, 0.29) is 0 Å². The maximum Gasteiger partial charge on any atom is 0.0539 e.